The second-order valence-corrected chi connectivity index (χ2v) is 6.83. The fourth-order valence-electron chi connectivity index (χ4n) is 3.39. The Hall–Kier alpha value is -2.28. The van der Waals surface area contributed by atoms with E-state index in [-0.39, 0.29) is 23.6 Å². The van der Waals surface area contributed by atoms with Crippen molar-refractivity contribution in [2.24, 2.45) is 0 Å². The van der Waals surface area contributed by atoms with Gasteiger partial charge in [0.25, 0.3) is 5.92 Å². The summed E-state index contributed by atoms with van der Waals surface area (Å²) in [5, 5.41) is 0. The molecule has 3 rings (SSSR count). The van der Waals surface area contributed by atoms with Crippen LogP contribution in [0.4, 0.5) is 14.5 Å². The smallest absolute Gasteiger partial charge is 0.275 e. The lowest BCUT2D eigenvalue weighted by Gasteiger charge is -2.32. The summed E-state index contributed by atoms with van der Waals surface area (Å²) in [6.07, 6.45) is 0.552. The first-order valence-electron chi connectivity index (χ1n) is 8.74. The van der Waals surface area contributed by atoms with Gasteiger partial charge < -0.3 is 14.7 Å². The number of anilines is 1. The number of alkyl halides is 2. The molecule has 1 aromatic rings. The zero-order chi connectivity index (χ0) is 18.9. The van der Waals surface area contributed by atoms with Gasteiger partial charge in [-0.1, -0.05) is 18.2 Å². The maximum atomic E-state index is 14.8. The molecule has 2 aliphatic heterocycles. The second kappa shape index (κ2) is 7.15. The molecule has 0 bridgehead atoms. The molecule has 1 aromatic carbocycles. The van der Waals surface area contributed by atoms with E-state index in [1.807, 2.05) is 7.05 Å². The molecule has 140 valence electrons. The number of para-hydroxylation sites is 1. The van der Waals surface area contributed by atoms with E-state index in [4.69, 9.17) is 0 Å². The number of benzene rings is 1. The maximum absolute atomic E-state index is 14.8. The van der Waals surface area contributed by atoms with E-state index in [9.17, 15) is 18.4 Å². The summed E-state index contributed by atoms with van der Waals surface area (Å²) in [4.78, 5) is 29.6. The molecule has 1 fully saturated rings. The fraction of sp³-hybridized carbons (Fsp3) is 0.474. The molecule has 0 aromatic heterocycles. The molecule has 0 saturated carbocycles. The molecule has 0 N–H and O–H groups in total. The first kappa shape index (κ1) is 18.5. The predicted molar refractivity (Wildman–Crippen MR) is 96.1 cm³/mol. The van der Waals surface area contributed by atoms with Gasteiger partial charge in [0.2, 0.25) is 11.8 Å². The Morgan fingerprint density at radius 1 is 1.08 bits per heavy atom. The normalized spacial score (nSPS) is 22.1. The van der Waals surface area contributed by atoms with Gasteiger partial charge in [-0.15, -0.1) is 0 Å². The number of piperazine rings is 1. The number of carbonyl (C=O) groups is 2. The van der Waals surface area contributed by atoms with Gasteiger partial charge >= 0.3 is 0 Å². The van der Waals surface area contributed by atoms with Crippen LogP contribution in [0.5, 0.6) is 0 Å². The van der Waals surface area contributed by atoms with Gasteiger partial charge in [0.1, 0.15) is 0 Å². The molecule has 1 saturated heterocycles. The highest BCUT2D eigenvalue weighted by atomic mass is 19.3. The molecule has 2 heterocycles. The van der Waals surface area contributed by atoms with Crippen molar-refractivity contribution in [1.29, 1.82) is 0 Å². The summed E-state index contributed by atoms with van der Waals surface area (Å²) in [7, 11) is 1.96. The summed E-state index contributed by atoms with van der Waals surface area (Å²) in [6, 6.07) is 6.55. The van der Waals surface area contributed by atoms with Crippen molar-refractivity contribution in [3.63, 3.8) is 0 Å². The quantitative estimate of drug-likeness (QED) is 0.719. The molecule has 0 spiro atoms. The van der Waals surface area contributed by atoms with Crippen LogP contribution in [0.15, 0.2) is 30.3 Å². The number of hydrogen-bond acceptors (Lipinski definition) is 3. The zero-order valence-corrected chi connectivity index (χ0v) is 15.0. The Bertz CT molecular complexity index is 740. The Kier molecular flexibility index (Phi) is 5.09. The first-order valence-corrected chi connectivity index (χ1v) is 8.74. The van der Waals surface area contributed by atoms with E-state index in [1.54, 1.807) is 29.2 Å². The molecule has 0 unspecified atom stereocenters. The molecular weight excluding hydrogens is 340 g/mol. The van der Waals surface area contributed by atoms with Crippen molar-refractivity contribution in [2.45, 2.75) is 19.3 Å². The molecule has 0 aliphatic carbocycles. The van der Waals surface area contributed by atoms with Gasteiger partial charge in [-0.25, -0.2) is 8.78 Å². The van der Waals surface area contributed by atoms with Crippen LogP contribution in [-0.2, 0) is 9.59 Å². The van der Waals surface area contributed by atoms with Crippen LogP contribution in [0.1, 0.15) is 18.9 Å². The molecule has 0 radical (unpaired) electrons. The van der Waals surface area contributed by atoms with E-state index in [0.29, 0.717) is 18.8 Å². The van der Waals surface area contributed by atoms with Crippen LogP contribution in [0.3, 0.4) is 0 Å². The highest BCUT2D eigenvalue weighted by Gasteiger charge is 2.41. The predicted octanol–water partition coefficient (Wildman–Crippen LogP) is 2.24. The third-order valence-corrected chi connectivity index (χ3v) is 4.99. The van der Waals surface area contributed by atoms with Gasteiger partial charge in [0.15, 0.2) is 0 Å². The van der Waals surface area contributed by atoms with Gasteiger partial charge in [-0.05, 0) is 13.1 Å². The molecule has 2 amide bonds. The van der Waals surface area contributed by atoms with Crippen molar-refractivity contribution < 1.29 is 18.4 Å². The van der Waals surface area contributed by atoms with E-state index in [1.165, 1.54) is 11.8 Å². The van der Waals surface area contributed by atoms with Gasteiger partial charge in [-0.2, -0.15) is 0 Å². The van der Waals surface area contributed by atoms with Crippen molar-refractivity contribution in [3.05, 3.63) is 35.9 Å². The van der Waals surface area contributed by atoms with E-state index < -0.39 is 18.3 Å². The summed E-state index contributed by atoms with van der Waals surface area (Å²) in [5.41, 5.74) is 0.364. The van der Waals surface area contributed by atoms with E-state index in [2.05, 4.69) is 4.90 Å². The summed E-state index contributed by atoms with van der Waals surface area (Å²) in [5.74, 6) is -3.87. The monoisotopic (exact) mass is 363 g/mol. The number of allylic oxidation sites excluding steroid dienone is 1. The minimum absolute atomic E-state index is 0.0839. The maximum Gasteiger partial charge on any atom is 0.275 e. The number of carbonyl (C=O) groups excluding carboxylic acids is 2. The lowest BCUT2D eigenvalue weighted by Crippen LogP contribution is -2.46. The minimum Gasteiger partial charge on any atom is -0.337 e. The Morgan fingerprint density at radius 2 is 1.73 bits per heavy atom. The van der Waals surface area contributed by atoms with Gasteiger partial charge in [0, 0.05) is 63.3 Å². The minimum atomic E-state index is -3.18. The van der Waals surface area contributed by atoms with Crippen molar-refractivity contribution in [1.82, 2.24) is 9.80 Å². The number of amides is 2. The van der Waals surface area contributed by atoms with E-state index in [0.717, 1.165) is 19.2 Å². The van der Waals surface area contributed by atoms with E-state index >= 15 is 0 Å². The Balaban J connectivity index is 2.01. The van der Waals surface area contributed by atoms with Crippen LogP contribution in [0.25, 0.3) is 5.57 Å². The topological polar surface area (TPSA) is 43.9 Å². The van der Waals surface area contributed by atoms with Gasteiger partial charge in [-0.3, -0.25) is 9.59 Å². The Labute approximate surface area is 151 Å². The number of rotatable bonds is 1. The molecule has 0 atom stereocenters. The second-order valence-electron chi connectivity index (χ2n) is 6.83. The highest BCUT2D eigenvalue weighted by Crippen LogP contribution is 2.43. The number of likely N-dealkylation sites (N-methyl/N-ethyl adjacent to an activating group) is 1. The summed E-state index contributed by atoms with van der Waals surface area (Å²) in [6.45, 7) is 3.76. The average molecular weight is 363 g/mol. The number of halogens is 2. The van der Waals surface area contributed by atoms with Crippen LogP contribution in [-0.4, -0.2) is 67.3 Å². The lowest BCUT2D eigenvalue weighted by atomic mass is 9.96. The fourth-order valence-corrected chi connectivity index (χ4v) is 3.39. The van der Waals surface area contributed by atoms with Crippen molar-refractivity contribution in [3.8, 4) is 0 Å². The largest absolute Gasteiger partial charge is 0.337 e. The molecule has 2 aliphatic rings. The number of hydrogen-bond donors (Lipinski definition) is 0. The van der Waals surface area contributed by atoms with Crippen molar-refractivity contribution >= 4 is 23.1 Å². The average Bonchev–Trinajstić information content (AvgIpc) is 2.70. The molecule has 7 heteroatoms. The molecule has 26 heavy (non-hydrogen) atoms. The summed E-state index contributed by atoms with van der Waals surface area (Å²) >= 11 is 0. The SMILES string of the molecule is CC(=O)N1CCC(F)(F)/C(=C/C(=O)N2CCN(C)CC2)c2ccccc21. The third-order valence-electron chi connectivity index (χ3n) is 4.99. The first-order chi connectivity index (χ1) is 12.3. The highest BCUT2D eigenvalue weighted by molar-refractivity contribution is 6.01. The van der Waals surface area contributed by atoms with Gasteiger partial charge in [0.05, 0.1) is 5.69 Å². The molecule has 5 nitrogen and oxygen atoms in total. The number of fused-ring (bicyclic) bond motifs is 1. The standard InChI is InChI=1S/C19H23F2N3O2/c1-14(25)24-8-7-19(20,21)16(15-5-3-4-6-17(15)24)13-18(26)23-11-9-22(2)10-12-23/h3-6,13H,7-12H2,1-2H3/b16-13+. The zero-order valence-electron chi connectivity index (χ0n) is 15.0. The summed E-state index contributed by atoms with van der Waals surface area (Å²) < 4.78 is 29.7. The van der Waals surface area contributed by atoms with Crippen molar-refractivity contribution in [2.75, 3.05) is 44.7 Å². The van der Waals surface area contributed by atoms with Crippen LogP contribution in [0, 0.1) is 0 Å². The number of nitrogens with zero attached hydrogens (tertiary/aromatic N) is 3. The van der Waals surface area contributed by atoms with Crippen LogP contribution < -0.4 is 4.90 Å². The van der Waals surface area contributed by atoms with Crippen LogP contribution >= 0.6 is 0 Å². The third kappa shape index (κ3) is 3.62. The lowest BCUT2D eigenvalue weighted by molar-refractivity contribution is -0.127. The molecular formula is C19H23F2N3O2. The Morgan fingerprint density at radius 3 is 2.38 bits per heavy atom. The van der Waals surface area contributed by atoms with Crippen LogP contribution in [0.2, 0.25) is 0 Å².